The third-order valence-corrected chi connectivity index (χ3v) is 4.63. The fourth-order valence-corrected chi connectivity index (χ4v) is 3.35. The number of rotatable bonds is 5. The number of para-hydroxylation sites is 1. The summed E-state index contributed by atoms with van der Waals surface area (Å²) in [6, 6.07) is 12.5. The van der Waals surface area contributed by atoms with E-state index in [0.29, 0.717) is 41.7 Å². The number of aryl methyl sites for hydroxylation is 1. The second-order valence-electron chi connectivity index (χ2n) is 7.10. The first-order valence-corrected chi connectivity index (χ1v) is 9.92. The van der Waals surface area contributed by atoms with E-state index >= 15 is 0 Å². The summed E-state index contributed by atoms with van der Waals surface area (Å²) in [6.07, 6.45) is 0.250. The number of ether oxygens (including phenoxy) is 3. The number of amides is 1. The van der Waals surface area contributed by atoms with Crippen LogP contribution in [0.15, 0.2) is 42.5 Å². The molecular formula is C23H23N3O6. The van der Waals surface area contributed by atoms with Gasteiger partial charge < -0.3 is 25.3 Å². The topological polar surface area (TPSA) is 130 Å². The third-order valence-electron chi connectivity index (χ3n) is 4.63. The molecule has 2 aromatic carbocycles. The molecule has 3 N–H and O–H groups in total. The number of nitrogens with zero attached hydrogens (tertiary/aromatic N) is 1. The highest BCUT2D eigenvalue weighted by atomic mass is 16.6. The predicted octanol–water partition coefficient (Wildman–Crippen LogP) is 2.51. The summed E-state index contributed by atoms with van der Waals surface area (Å²) in [5.41, 5.74) is 8.87. The van der Waals surface area contributed by atoms with Crippen molar-refractivity contribution in [2.24, 2.45) is 0 Å². The van der Waals surface area contributed by atoms with Crippen LogP contribution in [0.3, 0.4) is 0 Å². The van der Waals surface area contributed by atoms with Crippen molar-refractivity contribution in [1.82, 2.24) is 10.3 Å². The summed E-state index contributed by atoms with van der Waals surface area (Å²) in [5, 5.41) is 3.72. The molecule has 9 heteroatoms. The van der Waals surface area contributed by atoms with Crippen molar-refractivity contribution >= 4 is 28.6 Å². The molecule has 0 radical (unpaired) electrons. The summed E-state index contributed by atoms with van der Waals surface area (Å²) in [5.74, 6) is 1.47. The van der Waals surface area contributed by atoms with Gasteiger partial charge in [-0.05, 0) is 44.2 Å². The van der Waals surface area contributed by atoms with E-state index in [0.717, 1.165) is 16.6 Å². The lowest BCUT2D eigenvalue weighted by Crippen LogP contribution is -2.37. The Balaban J connectivity index is 0.000000913. The molecule has 1 aliphatic rings. The lowest BCUT2D eigenvalue weighted by Gasteiger charge is -2.21. The molecule has 0 aliphatic carbocycles. The molecule has 0 saturated heterocycles. The first-order chi connectivity index (χ1) is 15.4. The number of hydrogen-bond donors (Lipinski definition) is 2. The van der Waals surface area contributed by atoms with E-state index in [1.807, 2.05) is 38.1 Å². The zero-order valence-electron chi connectivity index (χ0n) is 17.7. The van der Waals surface area contributed by atoms with Gasteiger partial charge in [-0.1, -0.05) is 12.1 Å². The number of anilines is 1. The minimum Gasteiger partial charge on any atom is -0.491 e. The lowest BCUT2D eigenvalue weighted by molar-refractivity contribution is -0.191. The first-order valence-electron chi connectivity index (χ1n) is 9.92. The monoisotopic (exact) mass is 437 g/mol. The number of carbonyl (C=O) groups is 1. The minimum atomic E-state index is -0.238. The Morgan fingerprint density at radius 3 is 2.72 bits per heavy atom. The SMILES string of the molecule is Cc1cc(N)c2c(OC[C@H](C)NC(=O)c3cccc4c3OCCO4)cccc2n1.O=C=O. The Hall–Kier alpha value is -4.10. The summed E-state index contributed by atoms with van der Waals surface area (Å²) in [6.45, 7) is 4.96. The minimum absolute atomic E-state index is 0.238. The van der Waals surface area contributed by atoms with Gasteiger partial charge in [-0.2, -0.15) is 9.59 Å². The Morgan fingerprint density at radius 2 is 1.94 bits per heavy atom. The van der Waals surface area contributed by atoms with Crippen molar-refractivity contribution in [1.29, 1.82) is 0 Å². The number of nitrogens with two attached hydrogens (primary N) is 1. The van der Waals surface area contributed by atoms with Gasteiger partial charge in [0, 0.05) is 11.4 Å². The van der Waals surface area contributed by atoms with Gasteiger partial charge in [0.2, 0.25) is 0 Å². The van der Waals surface area contributed by atoms with Crippen LogP contribution >= 0.6 is 0 Å². The molecular weight excluding hydrogens is 414 g/mol. The Bertz CT molecular complexity index is 1160. The van der Waals surface area contributed by atoms with Crippen molar-refractivity contribution in [3.8, 4) is 17.2 Å². The molecule has 0 unspecified atom stereocenters. The number of fused-ring (bicyclic) bond motifs is 2. The fraction of sp³-hybridized carbons (Fsp3) is 0.261. The molecule has 3 aromatic rings. The van der Waals surface area contributed by atoms with Crippen molar-refractivity contribution in [3.63, 3.8) is 0 Å². The molecule has 0 saturated carbocycles. The van der Waals surface area contributed by atoms with Gasteiger partial charge in [0.1, 0.15) is 25.6 Å². The second kappa shape index (κ2) is 10.3. The summed E-state index contributed by atoms with van der Waals surface area (Å²) in [4.78, 5) is 33.5. The fourth-order valence-electron chi connectivity index (χ4n) is 3.35. The van der Waals surface area contributed by atoms with E-state index in [2.05, 4.69) is 10.3 Å². The first kappa shape index (κ1) is 22.6. The van der Waals surface area contributed by atoms with E-state index in [-0.39, 0.29) is 24.7 Å². The molecule has 9 nitrogen and oxygen atoms in total. The zero-order chi connectivity index (χ0) is 23.1. The van der Waals surface area contributed by atoms with E-state index < -0.39 is 0 Å². The normalized spacial score (nSPS) is 12.7. The van der Waals surface area contributed by atoms with E-state index in [1.165, 1.54) is 0 Å². The predicted molar refractivity (Wildman–Crippen MR) is 116 cm³/mol. The average Bonchev–Trinajstić information content (AvgIpc) is 2.77. The standard InChI is InChI=1S/C22H23N3O4.CO2/c1-13-11-16(23)20-17(24-13)6-4-7-18(20)29-12-14(2)25-22(26)15-5-3-8-19-21(15)28-10-9-27-19;2-1-3/h3-8,11,14H,9-10,12H2,1-2H3,(H2,23,24)(H,25,26);/t14-;/m0./s1. The number of nitrogen functional groups attached to an aromatic ring is 1. The van der Waals surface area contributed by atoms with Crippen LogP contribution < -0.4 is 25.3 Å². The van der Waals surface area contributed by atoms with Gasteiger partial charge in [-0.3, -0.25) is 9.78 Å². The van der Waals surface area contributed by atoms with Gasteiger partial charge in [-0.25, -0.2) is 0 Å². The largest absolute Gasteiger partial charge is 0.491 e. The molecule has 1 amide bonds. The zero-order valence-corrected chi connectivity index (χ0v) is 17.7. The Labute approximate surface area is 184 Å². The van der Waals surface area contributed by atoms with Crippen LogP contribution in [0.1, 0.15) is 23.0 Å². The van der Waals surface area contributed by atoms with Crippen LogP contribution in [0, 0.1) is 6.92 Å². The Morgan fingerprint density at radius 1 is 1.22 bits per heavy atom. The number of benzene rings is 2. The number of carbonyl (C=O) groups excluding carboxylic acids is 3. The van der Waals surface area contributed by atoms with Gasteiger partial charge in [0.05, 0.1) is 22.5 Å². The van der Waals surface area contributed by atoms with Crippen LogP contribution in [0.4, 0.5) is 5.69 Å². The molecule has 4 rings (SSSR count). The Kier molecular flexibility index (Phi) is 7.25. The van der Waals surface area contributed by atoms with Gasteiger partial charge in [0.15, 0.2) is 11.5 Å². The second-order valence-corrected chi connectivity index (χ2v) is 7.10. The average molecular weight is 437 g/mol. The third kappa shape index (κ3) is 5.14. The molecule has 1 atom stereocenters. The highest BCUT2D eigenvalue weighted by Gasteiger charge is 2.21. The molecule has 2 heterocycles. The van der Waals surface area contributed by atoms with Gasteiger partial charge in [-0.15, -0.1) is 0 Å². The highest BCUT2D eigenvalue weighted by Crippen LogP contribution is 2.33. The van der Waals surface area contributed by atoms with Crippen molar-refractivity contribution in [2.75, 3.05) is 25.6 Å². The maximum absolute atomic E-state index is 12.7. The van der Waals surface area contributed by atoms with E-state index in [4.69, 9.17) is 29.5 Å². The quantitative estimate of drug-likeness (QED) is 0.623. The van der Waals surface area contributed by atoms with Gasteiger partial charge >= 0.3 is 6.15 Å². The number of nitrogens with one attached hydrogen (secondary N) is 1. The maximum atomic E-state index is 12.7. The summed E-state index contributed by atoms with van der Waals surface area (Å²) in [7, 11) is 0. The number of pyridine rings is 1. The summed E-state index contributed by atoms with van der Waals surface area (Å²) < 4.78 is 17.1. The number of aromatic nitrogens is 1. The van der Waals surface area contributed by atoms with Crippen LogP contribution in [0.2, 0.25) is 0 Å². The van der Waals surface area contributed by atoms with E-state index in [9.17, 15) is 4.79 Å². The smallest absolute Gasteiger partial charge is 0.373 e. The lowest BCUT2D eigenvalue weighted by atomic mass is 10.1. The van der Waals surface area contributed by atoms with Crippen molar-refractivity contribution in [3.05, 3.63) is 53.7 Å². The molecule has 0 bridgehead atoms. The van der Waals surface area contributed by atoms with Crippen molar-refractivity contribution in [2.45, 2.75) is 19.9 Å². The molecule has 0 spiro atoms. The van der Waals surface area contributed by atoms with Crippen molar-refractivity contribution < 1.29 is 28.6 Å². The van der Waals surface area contributed by atoms with Crippen LogP contribution in [-0.4, -0.2) is 42.9 Å². The van der Waals surface area contributed by atoms with E-state index in [1.54, 1.807) is 18.2 Å². The van der Waals surface area contributed by atoms with Crippen LogP contribution in [0.5, 0.6) is 17.2 Å². The van der Waals surface area contributed by atoms with Gasteiger partial charge in [0.25, 0.3) is 5.91 Å². The maximum Gasteiger partial charge on any atom is 0.373 e. The molecule has 32 heavy (non-hydrogen) atoms. The van der Waals surface area contributed by atoms with Crippen LogP contribution in [-0.2, 0) is 9.59 Å². The molecule has 166 valence electrons. The molecule has 1 aliphatic heterocycles. The van der Waals surface area contributed by atoms with Crippen LogP contribution in [0.25, 0.3) is 10.9 Å². The number of hydrogen-bond acceptors (Lipinski definition) is 8. The summed E-state index contributed by atoms with van der Waals surface area (Å²) >= 11 is 0. The molecule has 1 aromatic heterocycles. The molecule has 0 fully saturated rings. The highest BCUT2D eigenvalue weighted by molar-refractivity contribution is 5.98.